The molecule has 2 aromatic rings. The molecule has 29 heavy (non-hydrogen) atoms. The molecular formula is C22H24N2O3S2. The van der Waals surface area contributed by atoms with Crippen LogP contribution in [0.5, 0.6) is 0 Å². The van der Waals surface area contributed by atoms with E-state index < -0.39 is 9.84 Å². The Balaban J connectivity index is 1.68. The van der Waals surface area contributed by atoms with Gasteiger partial charge in [-0.15, -0.1) is 0 Å². The van der Waals surface area contributed by atoms with Crippen LogP contribution in [0.2, 0.25) is 0 Å². The molecule has 7 heteroatoms. The third kappa shape index (κ3) is 4.26. The highest BCUT2D eigenvalue weighted by Gasteiger charge is 2.49. The molecule has 0 saturated carbocycles. The first-order valence-corrected chi connectivity index (χ1v) is 12.3. The lowest BCUT2D eigenvalue weighted by atomic mass is 10.1. The zero-order valence-electron chi connectivity index (χ0n) is 16.8. The van der Waals surface area contributed by atoms with E-state index in [0.29, 0.717) is 5.17 Å². The number of amides is 1. The minimum Gasteiger partial charge on any atom is -0.315 e. The van der Waals surface area contributed by atoms with Crippen LogP contribution in [0.1, 0.15) is 22.3 Å². The molecule has 2 heterocycles. The molecule has 2 atom stereocenters. The van der Waals surface area contributed by atoms with E-state index >= 15 is 0 Å². The minimum atomic E-state index is -3.08. The Morgan fingerprint density at radius 2 is 1.86 bits per heavy atom. The topological polar surface area (TPSA) is 66.8 Å². The maximum absolute atomic E-state index is 12.7. The van der Waals surface area contributed by atoms with Gasteiger partial charge >= 0.3 is 0 Å². The number of hydrogen-bond donors (Lipinski definition) is 0. The molecule has 152 valence electrons. The van der Waals surface area contributed by atoms with Crippen LogP contribution in [0.25, 0.3) is 0 Å². The van der Waals surface area contributed by atoms with Crippen LogP contribution in [0.15, 0.2) is 47.5 Å². The number of anilines is 1. The van der Waals surface area contributed by atoms with Gasteiger partial charge in [-0.25, -0.2) is 8.42 Å². The Labute approximate surface area is 176 Å². The van der Waals surface area contributed by atoms with Crippen molar-refractivity contribution in [2.45, 2.75) is 38.5 Å². The SMILES string of the molecule is Cc1cccc(CC(=O)N=C2S[C@H]3CS(=O)(=O)C[C@H]3N2c2cc(C)ccc2C)c1. The summed E-state index contributed by atoms with van der Waals surface area (Å²) in [6.07, 6.45) is 0.236. The number of aryl methyl sites for hydroxylation is 3. The molecule has 2 aromatic carbocycles. The number of nitrogens with zero attached hydrogens (tertiary/aromatic N) is 2. The Morgan fingerprint density at radius 3 is 2.62 bits per heavy atom. The van der Waals surface area contributed by atoms with Crippen molar-refractivity contribution < 1.29 is 13.2 Å². The van der Waals surface area contributed by atoms with Gasteiger partial charge in [-0.2, -0.15) is 4.99 Å². The summed E-state index contributed by atoms with van der Waals surface area (Å²) in [5.41, 5.74) is 5.10. The molecule has 2 fully saturated rings. The van der Waals surface area contributed by atoms with E-state index in [2.05, 4.69) is 4.99 Å². The number of thioether (sulfide) groups is 1. The highest BCUT2D eigenvalue weighted by molar-refractivity contribution is 8.16. The van der Waals surface area contributed by atoms with Crippen molar-refractivity contribution in [2.75, 3.05) is 16.4 Å². The first-order chi connectivity index (χ1) is 13.7. The molecule has 0 unspecified atom stereocenters. The van der Waals surface area contributed by atoms with Gasteiger partial charge in [0.2, 0.25) is 0 Å². The van der Waals surface area contributed by atoms with Crippen LogP contribution in [-0.2, 0) is 21.1 Å². The maximum atomic E-state index is 12.7. The first-order valence-electron chi connectivity index (χ1n) is 9.62. The third-order valence-corrected chi connectivity index (χ3v) is 8.56. The second kappa shape index (κ2) is 7.61. The van der Waals surface area contributed by atoms with E-state index in [-0.39, 0.29) is 35.1 Å². The molecule has 0 aliphatic carbocycles. The lowest BCUT2D eigenvalue weighted by Crippen LogP contribution is -2.38. The number of sulfone groups is 1. The van der Waals surface area contributed by atoms with Crippen LogP contribution < -0.4 is 4.90 Å². The monoisotopic (exact) mass is 428 g/mol. The average molecular weight is 429 g/mol. The Kier molecular flexibility index (Phi) is 5.29. The van der Waals surface area contributed by atoms with E-state index in [1.165, 1.54) is 11.8 Å². The maximum Gasteiger partial charge on any atom is 0.252 e. The van der Waals surface area contributed by atoms with Gasteiger partial charge in [-0.3, -0.25) is 4.79 Å². The molecule has 0 bridgehead atoms. The summed E-state index contributed by atoms with van der Waals surface area (Å²) in [7, 11) is -3.08. The molecule has 0 radical (unpaired) electrons. The van der Waals surface area contributed by atoms with Gasteiger partial charge in [-0.05, 0) is 43.5 Å². The van der Waals surface area contributed by atoms with Crippen molar-refractivity contribution in [1.29, 1.82) is 0 Å². The zero-order chi connectivity index (χ0) is 20.8. The molecule has 4 rings (SSSR count). The molecule has 1 amide bonds. The molecule has 0 aromatic heterocycles. The average Bonchev–Trinajstić information content (AvgIpc) is 3.08. The largest absolute Gasteiger partial charge is 0.315 e. The number of amidine groups is 1. The summed E-state index contributed by atoms with van der Waals surface area (Å²) >= 11 is 1.42. The molecule has 2 aliphatic heterocycles. The lowest BCUT2D eigenvalue weighted by Gasteiger charge is -2.26. The normalized spacial score (nSPS) is 24.1. The number of hydrogen-bond acceptors (Lipinski definition) is 4. The van der Waals surface area contributed by atoms with Crippen molar-refractivity contribution in [2.24, 2.45) is 4.99 Å². The van der Waals surface area contributed by atoms with Crippen LogP contribution in [-0.4, -0.2) is 42.3 Å². The second-order valence-corrected chi connectivity index (χ2v) is 11.3. The highest BCUT2D eigenvalue weighted by atomic mass is 32.2. The minimum absolute atomic E-state index is 0.0922. The van der Waals surface area contributed by atoms with Crippen molar-refractivity contribution >= 4 is 38.4 Å². The predicted octanol–water partition coefficient (Wildman–Crippen LogP) is 3.46. The molecule has 2 aliphatic rings. The summed E-state index contributed by atoms with van der Waals surface area (Å²) in [5, 5.41) is 0.520. The fraction of sp³-hybridized carbons (Fsp3) is 0.364. The summed E-state index contributed by atoms with van der Waals surface area (Å²) in [4.78, 5) is 19.1. The number of rotatable bonds is 3. The number of aliphatic imine (C=N–C) groups is 1. The van der Waals surface area contributed by atoms with Crippen molar-refractivity contribution in [1.82, 2.24) is 0 Å². The fourth-order valence-corrected chi connectivity index (χ4v) is 7.89. The Morgan fingerprint density at radius 1 is 1.10 bits per heavy atom. The number of carbonyl (C=O) groups excluding carboxylic acids is 1. The number of benzene rings is 2. The van der Waals surface area contributed by atoms with E-state index in [1.807, 2.05) is 68.1 Å². The smallest absolute Gasteiger partial charge is 0.252 e. The van der Waals surface area contributed by atoms with Gasteiger partial charge < -0.3 is 4.90 Å². The Hall–Kier alpha value is -2.12. The molecule has 5 nitrogen and oxygen atoms in total. The second-order valence-electron chi connectivity index (χ2n) is 7.91. The number of carbonyl (C=O) groups is 1. The van der Waals surface area contributed by atoms with E-state index in [9.17, 15) is 13.2 Å². The van der Waals surface area contributed by atoms with Crippen LogP contribution >= 0.6 is 11.8 Å². The van der Waals surface area contributed by atoms with Gasteiger partial charge in [-0.1, -0.05) is 53.7 Å². The van der Waals surface area contributed by atoms with Gasteiger partial charge in [0.1, 0.15) is 0 Å². The van der Waals surface area contributed by atoms with Crippen LogP contribution in [0, 0.1) is 20.8 Å². The van der Waals surface area contributed by atoms with Crippen molar-refractivity contribution in [3.05, 3.63) is 64.7 Å². The predicted molar refractivity (Wildman–Crippen MR) is 120 cm³/mol. The molecule has 0 spiro atoms. The summed E-state index contributed by atoms with van der Waals surface area (Å²) < 4.78 is 24.5. The zero-order valence-corrected chi connectivity index (χ0v) is 18.4. The summed E-state index contributed by atoms with van der Waals surface area (Å²) in [5.74, 6) is 0.0222. The molecule has 2 saturated heterocycles. The highest BCUT2D eigenvalue weighted by Crippen LogP contribution is 2.42. The van der Waals surface area contributed by atoms with Gasteiger partial charge in [0.15, 0.2) is 15.0 Å². The molecular weight excluding hydrogens is 404 g/mol. The van der Waals surface area contributed by atoms with Crippen molar-refractivity contribution in [3.63, 3.8) is 0 Å². The van der Waals surface area contributed by atoms with Gasteiger partial charge in [0, 0.05) is 10.9 Å². The van der Waals surface area contributed by atoms with Crippen LogP contribution in [0.4, 0.5) is 5.69 Å². The van der Waals surface area contributed by atoms with Gasteiger partial charge in [0.05, 0.1) is 24.0 Å². The fourth-order valence-electron chi connectivity index (χ4n) is 3.97. The summed E-state index contributed by atoms with van der Waals surface area (Å²) in [6, 6.07) is 13.8. The third-order valence-electron chi connectivity index (χ3n) is 5.35. The summed E-state index contributed by atoms with van der Waals surface area (Å²) in [6.45, 7) is 6.01. The van der Waals surface area contributed by atoms with E-state index in [0.717, 1.165) is 27.9 Å². The van der Waals surface area contributed by atoms with Crippen LogP contribution in [0.3, 0.4) is 0 Å². The lowest BCUT2D eigenvalue weighted by molar-refractivity contribution is -0.117. The standard InChI is InChI=1S/C22H24N2O3S2/c1-14-5-4-6-17(9-14)11-21(25)23-22-24(18-10-15(2)7-8-16(18)3)19-12-29(26,27)13-20(19)28-22/h4-10,19-20H,11-13H2,1-3H3/t19-,20+/m1/s1. The quantitative estimate of drug-likeness (QED) is 0.749. The van der Waals surface area contributed by atoms with E-state index in [4.69, 9.17) is 0 Å². The van der Waals surface area contributed by atoms with Gasteiger partial charge in [0.25, 0.3) is 5.91 Å². The van der Waals surface area contributed by atoms with E-state index in [1.54, 1.807) is 0 Å². The van der Waals surface area contributed by atoms with Crippen molar-refractivity contribution in [3.8, 4) is 0 Å². The first kappa shape index (κ1) is 20.2. The molecule has 0 N–H and O–H groups in total. The number of fused-ring (bicyclic) bond motifs is 1. The Bertz CT molecular complexity index is 1110.